The zero-order valence-corrected chi connectivity index (χ0v) is 8.75. The lowest BCUT2D eigenvalue weighted by Crippen LogP contribution is -2.39. The topological polar surface area (TPSA) is 20.2 Å². The Hall–Kier alpha value is -1.90. The first-order chi connectivity index (χ1) is 7.81. The van der Waals surface area contributed by atoms with Crippen molar-refractivity contribution in [3.8, 4) is 0 Å². The van der Waals surface area contributed by atoms with E-state index in [0.29, 0.717) is 0 Å². The van der Waals surface area contributed by atoms with Gasteiger partial charge in [-0.2, -0.15) is 0 Å². The monoisotopic (exact) mass is 210 g/mol. The molecule has 2 heteroatoms. The first-order valence-corrected chi connectivity index (χ1v) is 5.27. The normalized spacial score (nSPS) is 29.9. The number of hydrogen-bond acceptors (Lipinski definition) is 1. The Kier molecular flexibility index (Phi) is 1.93. The molecule has 16 heavy (non-hydrogen) atoms. The molecule has 0 aromatic rings. The van der Waals surface area contributed by atoms with Crippen molar-refractivity contribution in [2.75, 3.05) is 0 Å². The Morgan fingerprint density at radius 2 is 1.69 bits per heavy atom. The summed E-state index contributed by atoms with van der Waals surface area (Å²) in [7, 11) is 0. The van der Waals surface area contributed by atoms with E-state index in [1.165, 1.54) is 0 Å². The van der Waals surface area contributed by atoms with E-state index in [4.69, 9.17) is 0 Å². The maximum atomic E-state index is 10.7. The van der Waals surface area contributed by atoms with Gasteiger partial charge in [-0.05, 0) is 18.2 Å². The summed E-state index contributed by atoms with van der Waals surface area (Å²) in [5.41, 5.74) is 2.78. The summed E-state index contributed by atoms with van der Waals surface area (Å²) in [6.07, 6.45) is 21.3. The molecule has 1 aliphatic carbocycles. The summed E-state index contributed by atoms with van der Waals surface area (Å²) >= 11 is 0. The Bertz CT molecular complexity index is 541. The number of rotatable bonds is 0. The van der Waals surface area contributed by atoms with Crippen molar-refractivity contribution in [3.05, 3.63) is 83.9 Å². The minimum atomic E-state index is -0.239. The van der Waals surface area contributed by atoms with Gasteiger partial charge in [0.25, 0.3) is 0 Å². The second kappa shape index (κ2) is 3.30. The molecular weight excluding hydrogens is 198 g/mol. The SMILES string of the molecule is O[N+]12C=CC=CC1=CC=C1C=CC=CC=C12. The van der Waals surface area contributed by atoms with E-state index in [0.717, 1.165) is 17.0 Å². The summed E-state index contributed by atoms with van der Waals surface area (Å²) in [4.78, 5) is 0. The van der Waals surface area contributed by atoms with Crippen LogP contribution in [-0.4, -0.2) is 9.85 Å². The van der Waals surface area contributed by atoms with E-state index < -0.39 is 0 Å². The van der Waals surface area contributed by atoms with Crippen molar-refractivity contribution < 1.29 is 9.85 Å². The molecule has 0 aromatic heterocycles. The van der Waals surface area contributed by atoms with E-state index in [2.05, 4.69) is 0 Å². The standard InChI is InChI=1S/C14H12NO/c16-15-11-5-4-7-13(15)10-9-12-6-2-1-3-8-14(12)15/h1-11,16H/q+1. The van der Waals surface area contributed by atoms with Gasteiger partial charge in [0.05, 0.1) is 0 Å². The molecule has 0 spiro atoms. The average molecular weight is 210 g/mol. The van der Waals surface area contributed by atoms with Gasteiger partial charge >= 0.3 is 0 Å². The number of nitrogens with zero attached hydrogens (tertiary/aromatic N) is 1. The van der Waals surface area contributed by atoms with Crippen molar-refractivity contribution in [3.63, 3.8) is 0 Å². The summed E-state index contributed by atoms with van der Waals surface area (Å²) < 4.78 is -0.239. The molecule has 78 valence electrons. The van der Waals surface area contributed by atoms with Gasteiger partial charge in [-0.3, -0.25) is 0 Å². The van der Waals surface area contributed by atoms with Crippen LogP contribution in [0.2, 0.25) is 0 Å². The van der Waals surface area contributed by atoms with Crippen molar-refractivity contribution >= 4 is 0 Å². The third-order valence-electron chi connectivity index (χ3n) is 2.92. The molecule has 2 aliphatic heterocycles. The Morgan fingerprint density at radius 3 is 2.62 bits per heavy atom. The van der Waals surface area contributed by atoms with Gasteiger partial charge in [0.15, 0.2) is 11.4 Å². The van der Waals surface area contributed by atoms with Gasteiger partial charge in [-0.15, -0.1) is 0 Å². The Morgan fingerprint density at radius 1 is 0.812 bits per heavy atom. The minimum Gasteiger partial charge on any atom is -0.201 e. The number of hydrogen-bond donors (Lipinski definition) is 1. The molecule has 1 unspecified atom stereocenters. The van der Waals surface area contributed by atoms with Gasteiger partial charge in [0.1, 0.15) is 6.20 Å². The Labute approximate surface area is 94.4 Å². The maximum Gasteiger partial charge on any atom is 0.182 e. The molecule has 0 saturated carbocycles. The fraction of sp³-hybridized carbons (Fsp3) is 0. The summed E-state index contributed by atoms with van der Waals surface area (Å²) in [6, 6.07) is 0. The van der Waals surface area contributed by atoms with Crippen LogP contribution in [0.3, 0.4) is 0 Å². The number of hydroxylamine groups is 3. The van der Waals surface area contributed by atoms with Crippen LogP contribution in [0.15, 0.2) is 83.9 Å². The summed E-state index contributed by atoms with van der Waals surface area (Å²) in [5.74, 6) is 0. The first-order valence-electron chi connectivity index (χ1n) is 5.27. The van der Waals surface area contributed by atoms with Crippen molar-refractivity contribution in [2.45, 2.75) is 0 Å². The fourth-order valence-corrected chi connectivity index (χ4v) is 2.09. The third-order valence-corrected chi connectivity index (χ3v) is 2.92. The van der Waals surface area contributed by atoms with E-state index >= 15 is 0 Å². The molecule has 1 N–H and O–H groups in total. The van der Waals surface area contributed by atoms with Crippen molar-refractivity contribution in [2.24, 2.45) is 0 Å². The van der Waals surface area contributed by atoms with Gasteiger partial charge in [0.2, 0.25) is 0 Å². The van der Waals surface area contributed by atoms with E-state index in [1.54, 1.807) is 6.20 Å². The van der Waals surface area contributed by atoms with Gasteiger partial charge in [-0.1, -0.05) is 29.0 Å². The lowest BCUT2D eigenvalue weighted by atomic mass is 10.0. The molecule has 3 aliphatic rings. The lowest BCUT2D eigenvalue weighted by Gasteiger charge is -2.31. The fourth-order valence-electron chi connectivity index (χ4n) is 2.09. The number of fused-ring (bicyclic) bond motifs is 3. The van der Waals surface area contributed by atoms with Crippen LogP contribution in [0.25, 0.3) is 0 Å². The largest absolute Gasteiger partial charge is 0.201 e. The molecule has 0 fully saturated rings. The van der Waals surface area contributed by atoms with Gasteiger partial charge < -0.3 is 0 Å². The zero-order valence-electron chi connectivity index (χ0n) is 8.75. The highest BCUT2D eigenvalue weighted by Gasteiger charge is 2.38. The van der Waals surface area contributed by atoms with Crippen LogP contribution >= 0.6 is 0 Å². The molecule has 3 rings (SSSR count). The number of allylic oxidation sites excluding steroid dienone is 10. The predicted octanol–water partition coefficient (Wildman–Crippen LogP) is 3.11. The Balaban J connectivity index is 2.23. The average Bonchev–Trinajstić information content (AvgIpc) is 2.54. The maximum absolute atomic E-state index is 10.7. The highest BCUT2D eigenvalue weighted by atomic mass is 16.5. The van der Waals surface area contributed by atoms with Gasteiger partial charge in [-0.25, -0.2) is 5.21 Å². The second-order valence-corrected chi connectivity index (χ2v) is 3.90. The van der Waals surface area contributed by atoms with Crippen LogP contribution in [0.4, 0.5) is 0 Å². The summed E-state index contributed by atoms with van der Waals surface area (Å²) in [5, 5.41) is 10.7. The van der Waals surface area contributed by atoms with Crippen LogP contribution in [0.1, 0.15) is 0 Å². The second-order valence-electron chi connectivity index (χ2n) is 3.90. The van der Waals surface area contributed by atoms with E-state index in [-0.39, 0.29) is 4.65 Å². The predicted molar refractivity (Wildman–Crippen MR) is 62.9 cm³/mol. The molecule has 2 nitrogen and oxygen atoms in total. The first kappa shape index (κ1) is 9.33. The zero-order chi connectivity index (χ0) is 11.0. The number of quaternary nitrogens is 1. The lowest BCUT2D eigenvalue weighted by molar-refractivity contribution is -0.997. The molecule has 0 radical (unpaired) electrons. The van der Waals surface area contributed by atoms with E-state index in [9.17, 15) is 5.21 Å². The highest BCUT2D eigenvalue weighted by molar-refractivity contribution is 5.48. The van der Waals surface area contributed by atoms with Crippen LogP contribution in [0.5, 0.6) is 0 Å². The molecular formula is C14H12NO+. The third kappa shape index (κ3) is 1.21. The highest BCUT2D eigenvalue weighted by Crippen LogP contribution is 2.36. The van der Waals surface area contributed by atoms with Crippen LogP contribution < -0.4 is 0 Å². The van der Waals surface area contributed by atoms with Crippen molar-refractivity contribution in [1.29, 1.82) is 0 Å². The minimum absolute atomic E-state index is 0.239. The van der Waals surface area contributed by atoms with Crippen molar-refractivity contribution in [1.82, 2.24) is 0 Å². The molecule has 0 amide bonds. The molecule has 1 atom stereocenters. The molecule has 0 saturated heterocycles. The molecule has 2 heterocycles. The van der Waals surface area contributed by atoms with E-state index in [1.807, 2.05) is 60.8 Å². The molecule has 0 aromatic carbocycles. The van der Waals surface area contributed by atoms with Gasteiger partial charge in [0, 0.05) is 23.8 Å². The quantitative estimate of drug-likeness (QED) is 0.609. The van der Waals surface area contributed by atoms with Crippen LogP contribution in [-0.2, 0) is 0 Å². The van der Waals surface area contributed by atoms with Crippen LogP contribution in [0, 0.1) is 0 Å². The smallest absolute Gasteiger partial charge is 0.182 e. The summed E-state index contributed by atoms with van der Waals surface area (Å²) in [6.45, 7) is 0. The molecule has 0 bridgehead atoms.